The Labute approximate surface area is 119 Å². The van der Waals surface area contributed by atoms with E-state index in [1.165, 1.54) is 0 Å². The first-order chi connectivity index (χ1) is 9.54. The van der Waals surface area contributed by atoms with Crippen molar-refractivity contribution in [3.8, 4) is 0 Å². The second kappa shape index (κ2) is 8.32. The number of rotatable bonds is 8. The molecule has 0 spiro atoms. The standard InChI is InChI=1S/C15H22N2O3/c1-2-3-9-13(15(19)20)17-14(18)12(16)10-11-7-5-4-6-8-11/h4-8,12-13H,2-3,9-10,16H2,1H3,(H,17,18)(H,19,20)/t12?,13-/m0/s1. The minimum absolute atomic E-state index is 0.396. The van der Waals surface area contributed by atoms with Crippen molar-refractivity contribution in [1.29, 1.82) is 0 Å². The Balaban J connectivity index is 2.53. The van der Waals surface area contributed by atoms with Crippen LogP contribution in [0, 0.1) is 0 Å². The van der Waals surface area contributed by atoms with Crippen LogP contribution in [-0.2, 0) is 16.0 Å². The average molecular weight is 278 g/mol. The second-order valence-electron chi connectivity index (χ2n) is 4.84. The monoisotopic (exact) mass is 278 g/mol. The smallest absolute Gasteiger partial charge is 0.326 e. The molecule has 5 nitrogen and oxygen atoms in total. The summed E-state index contributed by atoms with van der Waals surface area (Å²) < 4.78 is 0. The minimum Gasteiger partial charge on any atom is -0.480 e. The third-order valence-corrected chi connectivity index (χ3v) is 3.10. The first-order valence-electron chi connectivity index (χ1n) is 6.87. The van der Waals surface area contributed by atoms with Crippen LogP contribution in [0.25, 0.3) is 0 Å². The molecule has 0 aliphatic heterocycles. The van der Waals surface area contributed by atoms with E-state index in [0.29, 0.717) is 12.8 Å². The number of benzene rings is 1. The molecule has 0 radical (unpaired) electrons. The van der Waals surface area contributed by atoms with E-state index >= 15 is 0 Å². The summed E-state index contributed by atoms with van der Waals surface area (Å²) in [5.41, 5.74) is 6.78. The van der Waals surface area contributed by atoms with Gasteiger partial charge in [-0.1, -0.05) is 50.1 Å². The summed E-state index contributed by atoms with van der Waals surface area (Å²) in [5, 5.41) is 11.6. The predicted molar refractivity (Wildman–Crippen MR) is 77.2 cm³/mol. The summed E-state index contributed by atoms with van der Waals surface area (Å²) in [6.07, 6.45) is 2.46. The predicted octanol–water partition coefficient (Wildman–Crippen LogP) is 1.32. The molecule has 110 valence electrons. The number of unbranched alkanes of at least 4 members (excludes halogenated alkanes) is 1. The molecule has 0 fully saturated rings. The number of aliphatic carboxylic acids is 1. The first kappa shape index (κ1) is 16.2. The Hall–Kier alpha value is -1.88. The van der Waals surface area contributed by atoms with Crippen molar-refractivity contribution in [1.82, 2.24) is 5.32 Å². The Kier molecular flexibility index (Phi) is 6.73. The van der Waals surface area contributed by atoms with Crippen molar-refractivity contribution in [2.75, 3.05) is 0 Å². The van der Waals surface area contributed by atoms with Crippen molar-refractivity contribution in [2.24, 2.45) is 5.73 Å². The van der Waals surface area contributed by atoms with Gasteiger partial charge in [-0.25, -0.2) is 4.79 Å². The molecular weight excluding hydrogens is 256 g/mol. The molecule has 0 saturated carbocycles. The van der Waals surface area contributed by atoms with Crippen LogP contribution in [0.1, 0.15) is 31.7 Å². The molecule has 5 heteroatoms. The van der Waals surface area contributed by atoms with Crippen LogP contribution in [-0.4, -0.2) is 29.1 Å². The molecular formula is C15H22N2O3. The average Bonchev–Trinajstić information content (AvgIpc) is 2.43. The highest BCUT2D eigenvalue weighted by Gasteiger charge is 2.22. The Morgan fingerprint density at radius 2 is 1.95 bits per heavy atom. The maximum atomic E-state index is 11.9. The number of carboxylic acids is 1. The quantitative estimate of drug-likeness (QED) is 0.668. The van der Waals surface area contributed by atoms with E-state index in [9.17, 15) is 9.59 Å². The lowest BCUT2D eigenvalue weighted by molar-refractivity contribution is -0.142. The van der Waals surface area contributed by atoms with E-state index in [4.69, 9.17) is 10.8 Å². The molecule has 1 aromatic rings. The second-order valence-corrected chi connectivity index (χ2v) is 4.84. The molecule has 0 bridgehead atoms. The number of hydrogen-bond donors (Lipinski definition) is 3. The maximum absolute atomic E-state index is 11.9. The third kappa shape index (κ3) is 5.40. The molecule has 2 atom stereocenters. The van der Waals surface area contributed by atoms with Crippen molar-refractivity contribution in [3.63, 3.8) is 0 Å². The SMILES string of the molecule is CCCC[C@H](NC(=O)C(N)Cc1ccccc1)C(=O)O. The van der Waals surface area contributed by atoms with E-state index in [1.54, 1.807) is 0 Å². The largest absolute Gasteiger partial charge is 0.480 e. The lowest BCUT2D eigenvalue weighted by Gasteiger charge is -2.17. The lowest BCUT2D eigenvalue weighted by Crippen LogP contribution is -2.49. The highest BCUT2D eigenvalue weighted by atomic mass is 16.4. The number of hydrogen-bond acceptors (Lipinski definition) is 3. The van der Waals surface area contributed by atoms with Crippen molar-refractivity contribution in [2.45, 2.75) is 44.7 Å². The molecule has 0 saturated heterocycles. The number of carbonyl (C=O) groups excluding carboxylic acids is 1. The molecule has 1 aromatic carbocycles. The van der Waals surface area contributed by atoms with Crippen LogP contribution < -0.4 is 11.1 Å². The van der Waals surface area contributed by atoms with Gasteiger partial charge in [-0.2, -0.15) is 0 Å². The number of carboxylic acid groups (broad SMARTS) is 1. The van der Waals surface area contributed by atoms with Crippen LogP contribution in [0.2, 0.25) is 0 Å². The summed E-state index contributed by atoms with van der Waals surface area (Å²) >= 11 is 0. The van der Waals surface area contributed by atoms with Gasteiger partial charge in [-0.3, -0.25) is 4.79 Å². The number of nitrogens with one attached hydrogen (secondary N) is 1. The normalized spacial score (nSPS) is 13.5. The Morgan fingerprint density at radius 1 is 1.30 bits per heavy atom. The van der Waals surface area contributed by atoms with E-state index in [0.717, 1.165) is 18.4 Å². The summed E-state index contributed by atoms with van der Waals surface area (Å²) in [6, 6.07) is 7.82. The molecule has 4 N–H and O–H groups in total. The molecule has 1 rings (SSSR count). The highest BCUT2D eigenvalue weighted by molar-refractivity contribution is 5.86. The fourth-order valence-electron chi connectivity index (χ4n) is 1.91. The summed E-state index contributed by atoms with van der Waals surface area (Å²) in [6.45, 7) is 1.97. The fraction of sp³-hybridized carbons (Fsp3) is 0.467. The molecule has 0 aliphatic carbocycles. The summed E-state index contributed by atoms with van der Waals surface area (Å²) in [5.74, 6) is -1.43. The summed E-state index contributed by atoms with van der Waals surface area (Å²) in [7, 11) is 0. The fourth-order valence-corrected chi connectivity index (χ4v) is 1.91. The molecule has 0 aliphatic rings. The van der Waals surface area contributed by atoms with Gasteiger partial charge < -0.3 is 16.2 Å². The van der Waals surface area contributed by atoms with Gasteiger partial charge in [0.05, 0.1) is 6.04 Å². The number of carbonyl (C=O) groups is 2. The third-order valence-electron chi connectivity index (χ3n) is 3.10. The molecule has 0 heterocycles. The van der Waals surface area contributed by atoms with Gasteiger partial charge in [-0.15, -0.1) is 0 Å². The zero-order chi connectivity index (χ0) is 15.0. The van der Waals surface area contributed by atoms with Gasteiger partial charge in [0.1, 0.15) is 6.04 Å². The lowest BCUT2D eigenvalue weighted by atomic mass is 10.0. The van der Waals surface area contributed by atoms with Gasteiger partial charge in [0.15, 0.2) is 0 Å². The van der Waals surface area contributed by atoms with E-state index in [1.807, 2.05) is 37.3 Å². The van der Waals surface area contributed by atoms with Crippen LogP contribution in [0.3, 0.4) is 0 Å². The van der Waals surface area contributed by atoms with E-state index < -0.39 is 24.0 Å². The molecule has 20 heavy (non-hydrogen) atoms. The van der Waals surface area contributed by atoms with Gasteiger partial charge in [-0.05, 0) is 18.4 Å². The van der Waals surface area contributed by atoms with Crippen LogP contribution >= 0.6 is 0 Å². The zero-order valence-corrected chi connectivity index (χ0v) is 11.7. The van der Waals surface area contributed by atoms with Crippen molar-refractivity contribution >= 4 is 11.9 Å². The van der Waals surface area contributed by atoms with Crippen molar-refractivity contribution < 1.29 is 14.7 Å². The van der Waals surface area contributed by atoms with Crippen molar-refractivity contribution in [3.05, 3.63) is 35.9 Å². The molecule has 1 unspecified atom stereocenters. The van der Waals surface area contributed by atoms with E-state index in [2.05, 4.69) is 5.32 Å². The van der Waals surface area contributed by atoms with Crippen LogP contribution in [0.5, 0.6) is 0 Å². The maximum Gasteiger partial charge on any atom is 0.326 e. The number of amides is 1. The van der Waals surface area contributed by atoms with Crippen LogP contribution in [0.15, 0.2) is 30.3 Å². The van der Waals surface area contributed by atoms with Crippen LogP contribution in [0.4, 0.5) is 0 Å². The molecule has 1 amide bonds. The molecule has 0 aromatic heterocycles. The zero-order valence-electron chi connectivity index (χ0n) is 11.7. The Morgan fingerprint density at radius 3 is 2.50 bits per heavy atom. The number of nitrogens with two attached hydrogens (primary N) is 1. The van der Waals surface area contributed by atoms with Gasteiger partial charge in [0, 0.05) is 0 Å². The summed E-state index contributed by atoms with van der Waals surface area (Å²) in [4.78, 5) is 23.0. The first-order valence-corrected chi connectivity index (χ1v) is 6.87. The van der Waals surface area contributed by atoms with Gasteiger partial charge in [0.25, 0.3) is 0 Å². The van der Waals surface area contributed by atoms with Gasteiger partial charge >= 0.3 is 5.97 Å². The topological polar surface area (TPSA) is 92.4 Å². The van der Waals surface area contributed by atoms with Gasteiger partial charge in [0.2, 0.25) is 5.91 Å². The highest BCUT2D eigenvalue weighted by Crippen LogP contribution is 2.04. The Bertz CT molecular complexity index is 434. The van der Waals surface area contributed by atoms with E-state index in [-0.39, 0.29) is 0 Å². The minimum atomic E-state index is -1.02.